The second kappa shape index (κ2) is 27.0. The molecule has 0 unspecified atom stereocenters. The minimum Gasteiger partial charge on any atom is -0.0654 e. The summed E-state index contributed by atoms with van der Waals surface area (Å²) in [5.41, 5.74) is 0. The Hall–Kier alpha value is 0. The molecule has 0 aromatic carbocycles. The van der Waals surface area contributed by atoms with Gasteiger partial charge in [0.2, 0.25) is 0 Å². The van der Waals surface area contributed by atoms with E-state index in [9.17, 15) is 0 Å². The molecule has 0 nitrogen and oxygen atoms in total. The van der Waals surface area contributed by atoms with E-state index in [1.54, 1.807) is 0 Å². The van der Waals surface area contributed by atoms with E-state index in [0.717, 1.165) is 5.92 Å². The van der Waals surface area contributed by atoms with Gasteiger partial charge in [0.1, 0.15) is 0 Å². The van der Waals surface area contributed by atoms with Gasteiger partial charge in [-0.15, -0.1) is 0 Å². The van der Waals surface area contributed by atoms with Crippen LogP contribution in [-0.2, 0) is 0 Å². The molecule has 0 amide bonds. The van der Waals surface area contributed by atoms with Crippen LogP contribution in [0.25, 0.3) is 0 Å². The SMILES string of the molecule is CCCCCCCCCCCCCC(CCCCCCCC)CCCCCCCC. The van der Waals surface area contributed by atoms with Crippen molar-refractivity contribution in [3.8, 4) is 0 Å². The Bertz CT molecular complexity index is 266. The summed E-state index contributed by atoms with van der Waals surface area (Å²) in [5, 5.41) is 0. The van der Waals surface area contributed by atoms with E-state index in [1.165, 1.54) is 167 Å². The zero-order chi connectivity index (χ0) is 22.0. The average molecular weight is 423 g/mol. The lowest BCUT2D eigenvalue weighted by Crippen LogP contribution is -2.01. The highest BCUT2D eigenvalue weighted by atomic mass is 14.1. The topological polar surface area (TPSA) is 0 Å². The van der Waals surface area contributed by atoms with Crippen molar-refractivity contribution in [1.82, 2.24) is 0 Å². The van der Waals surface area contributed by atoms with Crippen molar-refractivity contribution in [3.05, 3.63) is 0 Å². The molecule has 0 spiro atoms. The largest absolute Gasteiger partial charge is 0.0654 e. The predicted molar refractivity (Wildman–Crippen MR) is 141 cm³/mol. The van der Waals surface area contributed by atoms with Crippen LogP contribution in [0.15, 0.2) is 0 Å². The molecule has 0 fully saturated rings. The summed E-state index contributed by atoms with van der Waals surface area (Å²) in [6.07, 6.45) is 38.3. The Morgan fingerprint density at radius 2 is 0.467 bits per heavy atom. The van der Waals surface area contributed by atoms with Crippen molar-refractivity contribution < 1.29 is 0 Å². The van der Waals surface area contributed by atoms with E-state index < -0.39 is 0 Å². The van der Waals surface area contributed by atoms with Crippen LogP contribution in [0.1, 0.15) is 188 Å². The fraction of sp³-hybridized carbons (Fsp3) is 1.00. The van der Waals surface area contributed by atoms with E-state index in [1.807, 2.05) is 0 Å². The predicted octanol–water partition coefficient (Wildman–Crippen LogP) is 11.8. The van der Waals surface area contributed by atoms with Crippen LogP contribution in [0.3, 0.4) is 0 Å². The minimum absolute atomic E-state index is 1.04. The van der Waals surface area contributed by atoms with Crippen LogP contribution in [0.5, 0.6) is 0 Å². The first kappa shape index (κ1) is 30.0. The normalized spacial score (nSPS) is 11.6. The quantitative estimate of drug-likeness (QED) is 0.122. The van der Waals surface area contributed by atoms with Gasteiger partial charge in [-0.1, -0.05) is 188 Å². The summed E-state index contributed by atoms with van der Waals surface area (Å²) in [7, 11) is 0. The molecule has 0 aliphatic heterocycles. The lowest BCUT2D eigenvalue weighted by atomic mass is 9.89. The highest BCUT2D eigenvalue weighted by molar-refractivity contribution is 4.62. The van der Waals surface area contributed by atoms with Crippen LogP contribution >= 0.6 is 0 Å². The second-order valence-electron chi connectivity index (χ2n) is 10.3. The lowest BCUT2D eigenvalue weighted by Gasteiger charge is -2.17. The third-order valence-electron chi connectivity index (χ3n) is 7.15. The Kier molecular flexibility index (Phi) is 27.0. The first-order valence-corrected chi connectivity index (χ1v) is 14.8. The van der Waals surface area contributed by atoms with Crippen LogP contribution in [0.4, 0.5) is 0 Å². The fourth-order valence-electron chi connectivity index (χ4n) is 4.96. The summed E-state index contributed by atoms with van der Waals surface area (Å²) in [5.74, 6) is 1.04. The molecule has 0 saturated carbocycles. The molecule has 0 aromatic heterocycles. The number of hydrogen-bond acceptors (Lipinski definition) is 0. The van der Waals surface area contributed by atoms with Gasteiger partial charge in [-0.2, -0.15) is 0 Å². The van der Waals surface area contributed by atoms with Gasteiger partial charge in [-0.05, 0) is 5.92 Å². The van der Waals surface area contributed by atoms with E-state index in [0.29, 0.717) is 0 Å². The van der Waals surface area contributed by atoms with Crippen molar-refractivity contribution in [1.29, 1.82) is 0 Å². The Morgan fingerprint density at radius 1 is 0.267 bits per heavy atom. The van der Waals surface area contributed by atoms with Gasteiger partial charge in [0, 0.05) is 0 Å². The Morgan fingerprint density at radius 3 is 0.700 bits per heavy atom. The molecule has 0 atom stereocenters. The fourth-order valence-corrected chi connectivity index (χ4v) is 4.96. The summed E-state index contributed by atoms with van der Waals surface area (Å²) in [6.45, 7) is 6.96. The van der Waals surface area contributed by atoms with Crippen molar-refractivity contribution in [3.63, 3.8) is 0 Å². The van der Waals surface area contributed by atoms with Crippen molar-refractivity contribution in [2.45, 2.75) is 188 Å². The van der Waals surface area contributed by atoms with Gasteiger partial charge in [0.05, 0.1) is 0 Å². The Labute approximate surface area is 193 Å². The van der Waals surface area contributed by atoms with Crippen molar-refractivity contribution >= 4 is 0 Å². The third kappa shape index (κ3) is 24.3. The number of rotatable bonds is 26. The van der Waals surface area contributed by atoms with E-state index in [4.69, 9.17) is 0 Å². The van der Waals surface area contributed by atoms with Crippen LogP contribution in [0, 0.1) is 5.92 Å². The standard InChI is InChI=1S/C30H62/c1-4-7-10-13-16-17-18-19-20-23-26-29-30(27-24-21-14-11-8-5-2)28-25-22-15-12-9-6-3/h30H,4-29H2,1-3H3. The first-order valence-electron chi connectivity index (χ1n) is 14.8. The molecule has 0 radical (unpaired) electrons. The second-order valence-corrected chi connectivity index (χ2v) is 10.3. The third-order valence-corrected chi connectivity index (χ3v) is 7.15. The lowest BCUT2D eigenvalue weighted by molar-refractivity contribution is 0.365. The maximum absolute atomic E-state index is 2.32. The summed E-state index contributed by atoms with van der Waals surface area (Å²) >= 11 is 0. The number of unbranched alkanes of at least 4 members (excludes halogenated alkanes) is 20. The van der Waals surface area contributed by atoms with E-state index >= 15 is 0 Å². The Balaban J connectivity index is 3.73. The highest BCUT2D eigenvalue weighted by Crippen LogP contribution is 2.25. The van der Waals surface area contributed by atoms with Gasteiger partial charge in [0.15, 0.2) is 0 Å². The molecule has 0 aliphatic carbocycles. The molecule has 0 aromatic rings. The van der Waals surface area contributed by atoms with Crippen molar-refractivity contribution in [2.75, 3.05) is 0 Å². The molecular formula is C30H62. The summed E-state index contributed by atoms with van der Waals surface area (Å²) in [6, 6.07) is 0. The molecule has 0 saturated heterocycles. The molecule has 0 rings (SSSR count). The number of hydrogen-bond donors (Lipinski definition) is 0. The van der Waals surface area contributed by atoms with Gasteiger partial charge >= 0.3 is 0 Å². The monoisotopic (exact) mass is 422 g/mol. The molecule has 182 valence electrons. The van der Waals surface area contributed by atoms with Crippen LogP contribution < -0.4 is 0 Å². The van der Waals surface area contributed by atoms with E-state index in [2.05, 4.69) is 20.8 Å². The van der Waals surface area contributed by atoms with Gasteiger partial charge in [-0.3, -0.25) is 0 Å². The maximum atomic E-state index is 2.32. The maximum Gasteiger partial charge on any atom is -0.0414 e. The molecule has 30 heavy (non-hydrogen) atoms. The first-order chi connectivity index (χ1) is 14.8. The molecule has 0 heteroatoms. The molecule has 0 heterocycles. The van der Waals surface area contributed by atoms with Gasteiger partial charge in [0.25, 0.3) is 0 Å². The van der Waals surface area contributed by atoms with Gasteiger partial charge in [-0.25, -0.2) is 0 Å². The molecule has 0 N–H and O–H groups in total. The van der Waals surface area contributed by atoms with Crippen LogP contribution in [-0.4, -0.2) is 0 Å². The van der Waals surface area contributed by atoms with Crippen LogP contribution in [0.2, 0.25) is 0 Å². The summed E-state index contributed by atoms with van der Waals surface area (Å²) < 4.78 is 0. The average Bonchev–Trinajstić information content (AvgIpc) is 2.76. The van der Waals surface area contributed by atoms with E-state index in [-0.39, 0.29) is 0 Å². The summed E-state index contributed by atoms with van der Waals surface area (Å²) in [4.78, 5) is 0. The zero-order valence-electron chi connectivity index (χ0n) is 22.0. The highest BCUT2D eigenvalue weighted by Gasteiger charge is 2.08. The zero-order valence-corrected chi connectivity index (χ0v) is 22.0. The van der Waals surface area contributed by atoms with Gasteiger partial charge < -0.3 is 0 Å². The van der Waals surface area contributed by atoms with Crippen molar-refractivity contribution in [2.24, 2.45) is 5.92 Å². The smallest absolute Gasteiger partial charge is 0.0414 e. The molecule has 0 bridgehead atoms. The molecular weight excluding hydrogens is 360 g/mol. The minimum atomic E-state index is 1.04. The molecule has 0 aliphatic rings.